The normalized spacial score (nSPS) is 12.9. The van der Waals surface area contributed by atoms with Crippen LogP contribution in [0.15, 0.2) is 77.6 Å². The molecule has 0 N–H and O–H groups in total. The number of rotatable bonds is 7. The van der Waals surface area contributed by atoms with Crippen molar-refractivity contribution in [2.45, 2.75) is 19.4 Å². The van der Waals surface area contributed by atoms with Crippen LogP contribution in [0.2, 0.25) is 0 Å². The van der Waals surface area contributed by atoms with E-state index in [9.17, 15) is 14.4 Å². The van der Waals surface area contributed by atoms with Crippen LogP contribution in [0.4, 0.5) is 0 Å². The van der Waals surface area contributed by atoms with Crippen molar-refractivity contribution in [3.8, 4) is 5.75 Å². The zero-order valence-corrected chi connectivity index (χ0v) is 18.7. The molecule has 5 rings (SSSR count). The summed E-state index contributed by atoms with van der Waals surface area (Å²) in [5, 5.41) is 0.534. The van der Waals surface area contributed by atoms with Gasteiger partial charge in [0.2, 0.25) is 0 Å². The van der Waals surface area contributed by atoms with Crippen LogP contribution in [0.5, 0.6) is 5.75 Å². The molecule has 7 heteroatoms. The van der Waals surface area contributed by atoms with E-state index in [1.807, 2.05) is 36.4 Å². The Labute approximate surface area is 196 Å². The van der Waals surface area contributed by atoms with Gasteiger partial charge in [-0.3, -0.25) is 23.9 Å². The van der Waals surface area contributed by atoms with Crippen molar-refractivity contribution in [1.82, 2.24) is 14.5 Å². The number of para-hydroxylation sites is 2. The second-order valence-corrected chi connectivity index (χ2v) is 8.12. The molecule has 0 bridgehead atoms. The van der Waals surface area contributed by atoms with Gasteiger partial charge in [-0.2, -0.15) is 0 Å². The number of hydrogen-bond donors (Lipinski definition) is 0. The molecule has 0 radical (unpaired) electrons. The Balaban J connectivity index is 1.46. The first-order valence-corrected chi connectivity index (χ1v) is 11.1. The van der Waals surface area contributed by atoms with E-state index in [2.05, 4.69) is 0 Å². The molecule has 0 atom stereocenters. The summed E-state index contributed by atoms with van der Waals surface area (Å²) in [6, 6.07) is 21.7. The molecule has 4 aromatic rings. The Kier molecular flexibility index (Phi) is 5.67. The van der Waals surface area contributed by atoms with Gasteiger partial charge in [-0.1, -0.05) is 42.5 Å². The quantitative estimate of drug-likeness (QED) is 0.400. The van der Waals surface area contributed by atoms with Crippen LogP contribution in [0.3, 0.4) is 0 Å². The zero-order valence-electron chi connectivity index (χ0n) is 18.7. The number of benzene rings is 3. The summed E-state index contributed by atoms with van der Waals surface area (Å²) in [5.74, 6) is 0.667. The van der Waals surface area contributed by atoms with Crippen molar-refractivity contribution in [2.24, 2.45) is 0 Å². The second kappa shape index (κ2) is 8.94. The van der Waals surface area contributed by atoms with E-state index in [4.69, 9.17) is 9.72 Å². The van der Waals surface area contributed by atoms with Gasteiger partial charge in [0, 0.05) is 19.5 Å². The SMILES string of the molecule is COc1ccccc1CCn1c(CCN2C(=O)c3ccccc3C2=O)nc2ccccc2c1=O. The summed E-state index contributed by atoms with van der Waals surface area (Å²) in [7, 11) is 1.62. The minimum Gasteiger partial charge on any atom is -0.496 e. The maximum absolute atomic E-state index is 13.4. The van der Waals surface area contributed by atoms with E-state index < -0.39 is 0 Å². The molecule has 34 heavy (non-hydrogen) atoms. The van der Waals surface area contributed by atoms with E-state index in [1.54, 1.807) is 48.1 Å². The summed E-state index contributed by atoms with van der Waals surface area (Å²) >= 11 is 0. The fraction of sp³-hybridized carbons (Fsp3) is 0.185. The van der Waals surface area contributed by atoms with Gasteiger partial charge in [-0.15, -0.1) is 0 Å². The number of nitrogens with zero attached hydrogens (tertiary/aromatic N) is 3. The van der Waals surface area contributed by atoms with E-state index in [1.165, 1.54) is 4.90 Å². The average Bonchev–Trinajstić information content (AvgIpc) is 3.12. The number of aromatic nitrogens is 2. The van der Waals surface area contributed by atoms with Crippen molar-refractivity contribution >= 4 is 22.7 Å². The number of carbonyl (C=O) groups excluding carboxylic acids is 2. The first-order chi connectivity index (χ1) is 16.6. The fourth-order valence-corrected chi connectivity index (χ4v) is 4.43. The van der Waals surface area contributed by atoms with Gasteiger partial charge in [-0.25, -0.2) is 4.98 Å². The van der Waals surface area contributed by atoms with E-state index >= 15 is 0 Å². The van der Waals surface area contributed by atoms with Crippen molar-refractivity contribution in [3.63, 3.8) is 0 Å². The Morgan fingerprint density at radius 3 is 2.15 bits per heavy atom. The Morgan fingerprint density at radius 2 is 1.41 bits per heavy atom. The molecule has 1 aliphatic heterocycles. The predicted molar refractivity (Wildman–Crippen MR) is 128 cm³/mol. The summed E-state index contributed by atoms with van der Waals surface area (Å²) in [6.45, 7) is 0.542. The lowest BCUT2D eigenvalue weighted by molar-refractivity contribution is 0.0655. The highest BCUT2D eigenvalue weighted by molar-refractivity contribution is 6.21. The molecule has 0 spiro atoms. The number of aryl methyl sites for hydroxylation is 1. The molecule has 0 saturated carbocycles. The van der Waals surface area contributed by atoms with Gasteiger partial charge >= 0.3 is 0 Å². The highest BCUT2D eigenvalue weighted by Gasteiger charge is 2.34. The molecule has 7 nitrogen and oxygen atoms in total. The topological polar surface area (TPSA) is 81.5 Å². The van der Waals surface area contributed by atoms with Crippen LogP contribution in [0, 0.1) is 0 Å². The van der Waals surface area contributed by atoms with Gasteiger partial charge in [0.1, 0.15) is 11.6 Å². The van der Waals surface area contributed by atoms with Crippen molar-refractivity contribution in [2.75, 3.05) is 13.7 Å². The smallest absolute Gasteiger partial charge is 0.261 e. The molecule has 2 heterocycles. The molecule has 3 aromatic carbocycles. The highest BCUT2D eigenvalue weighted by atomic mass is 16.5. The summed E-state index contributed by atoms with van der Waals surface area (Å²) < 4.78 is 7.09. The second-order valence-electron chi connectivity index (χ2n) is 8.12. The van der Waals surface area contributed by atoms with Crippen molar-refractivity contribution < 1.29 is 14.3 Å². The number of amides is 2. The molecular formula is C27H23N3O4. The maximum atomic E-state index is 13.4. The molecule has 0 aliphatic carbocycles. The molecule has 1 aliphatic rings. The van der Waals surface area contributed by atoms with Crippen LogP contribution >= 0.6 is 0 Å². The number of carbonyl (C=O) groups is 2. The molecule has 2 amide bonds. The molecular weight excluding hydrogens is 430 g/mol. The number of imide groups is 1. The molecule has 0 fully saturated rings. The average molecular weight is 453 g/mol. The number of ether oxygens (including phenoxy) is 1. The number of methoxy groups -OCH3 is 1. The minimum atomic E-state index is -0.315. The lowest BCUT2D eigenvalue weighted by Crippen LogP contribution is -2.34. The first kappa shape index (κ1) is 21.6. The molecule has 0 saturated heterocycles. The van der Waals surface area contributed by atoms with Crippen LogP contribution in [0.25, 0.3) is 10.9 Å². The number of hydrogen-bond acceptors (Lipinski definition) is 5. The Morgan fingerprint density at radius 1 is 0.765 bits per heavy atom. The van der Waals surface area contributed by atoms with Gasteiger partial charge in [0.15, 0.2) is 0 Å². The predicted octanol–water partition coefficient (Wildman–Crippen LogP) is 3.49. The van der Waals surface area contributed by atoms with E-state index in [0.717, 1.165) is 11.3 Å². The van der Waals surface area contributed by atoms with E-state index in [0.29, 0.717) is 40.8 Å². The summed E-state index contributed by atoms with van der Waals surface area (Å²) in [5.41, 5.74) is 2.26. The van der Waals surface area contributed by atoms with Crippen LogP contribution in [0.1, 0.15) is 32.1 Å². The molecule has 1 aromatic heterocycles. The monoisotopic (exact) mass is 453 g/mol. The Bertz CT molecular complexity index is 1440. The third kappa shape index (κ3) is 3.75. The third-order valence-corrected chi connectivity index (χ3v) is 6.18. The minimum absolute atomic E-state index is 0.141. The van der Waals surface area contributed by atoms with Gasteiger partial charge < -0.3 is 4.74 Å². The lowest BCUT2D eigenvalue weighted by atomic mass is 10.1. The maximum Gasteiger partial charge on any atom is 0.261 e. The van der Waals surface area contributed by atoms with Crippen LogP contribution in [-0.2, 0) is 19.4 Å². The van der Waals surface area contributed by atoms with Gasteiger partial charge in [0.05, 0.1) is 29.1 Å². The largest absolute Gasteiger partial charge is 0.496 e. The van der Waals surface area contributed by atoms with Crippen LogP contribution < -0.4 is 10.3 Å². The van der Waals surface area contributed by atoms with Gasteiger partial charge in [-0.05, 0) is 42.3 Å². The summed E-state index contributed by atoms with van der Waals surface area (Å²) in [4.78, 5) is 44.9. The van der Waals surface area contributed by atoms with Crippen molar-refractivity contribution in [1.29, 1.82) is 0 Å². The molecule has 0 unspecified atom stereocenters. The summed E-state index contributed by atoms with van der Waals surface area (Å²) in [6.07, 6.45) is 0.849. The van der Waals surface area contributed by atoms with Crippen molar-refractivity contribution in [3.05, 3.63) is 106 Å². The standard InChI is InChI=1S/C27H23N3O4/c1-34-23-13-7-2-8-18(23)14-16-29-24(28-22-12-6-5-11-21(22)27(29)33)15-17-30-25(31)19-9-3-4-10-20(19)26(30)32/h2-13H,14-17H2,1H3. The first-order valence-electron chi connectivity index (χ1n) is 11.1. The zero-order chi connectivity index (χ0) is 23.7. The Hall–Kier alpha value is -4.26. The third-order valence-electron chi connectivity index (χ3n) is 6.18. The number of fused-ring (bicyclic) bond motifs is 2. The fourth-order valence-electron chi connectivity index (χ4n) is 4.43. The molecule has 170 valence electrons. The van der Waals surface area contributed by atoms with Gasteiger partial charge in [0.25, 0.3) is 17.4 Å². The highest BCUT2D eigenvalue weighted by Crippen LogP contribution is 2.23. The lowest BCUT2D eigenvalue weighted by Gasteiger charge is -2.17. The van der Waals surface area contributed by atoms with E-state index in [-0.39, 0.29) is 30.3 Å². The van der Waals surface area contributed by atoms with Crippen LogP contribution in [-0.4, -0.2) is 39.9 Å².